The highest BCUT2D eigenvalue weighted by molar-refractivity contribution is 7.80. The average molecular weight is 342 g/mol. The highest BCUT2D eigenvalue weighted by Gasteiger charge is 2.02. The summed E-state index contributed by atoms with van der Waals surface area (Å²) in [4.78, 5) is 11.8. The van der Waals surface area contributed by atoms with Crippen LogP contribution < -0.4 is 10.6 Å². The second kappa shape index (κ2) is 8.08. The molecule has 0 saturated carbocycles. The van der Waals surface area contributed by atoms with Crippen LogP contribution in [0.4, 0.5) is 5.69 Å². The van der Waals surface area contributed by atoms with Crippen LogP contribution in [0.3, 0.4) is 0 Å². The van der Waals surface area contributed by atoms with Crippen molar-refractivity contribution in [2.45, 2.75) is 0 Å². The second-order valence-electron chi connectivity index (χ2n) is 4.49. The molecule has 2 aromatic rings. The number of carbonyl (C=O) groups is 1. The molecule has 2 N–H and O–H groups in total. The van der Waals surface area contributed by atoms with Gasteiger partial charge in [-0.2, -0.15) is 5.26 Å². The summed E-state index contributed by atoms with van der Waals surface area (Å²) in [6, 6.07) is 16.0. The van der Waals surface area contributed by atoms with Crippen LogP contribution >= 0.6 is 23.8 Å². The third-order valence-electron chi connectivity index (χ3n) is 2.83. The quantitative estimate of drug-likeness (QED) is 0.659. The lowest BCUT2D eigenvalue weighted by molar-refractivity contribution is -0.115. The van der Waals surface area contributed by atoms with Crippen LogP contribution in [-0.2, 0) is 4.79 Å². The Balaban J connectivity index is 1.90. The first kappa shape index (κ1) is 16.7. The van der Waals surface area contributed by atoms with Gasteiger partial charge in [-0.15, -0.1) is 0 Å². The molecule has 0 aliphatic rings. The summed E-state index contributed by atoms with van der Waals surface area (Å²) >= 11 is 11.1. The van der Waals surface area contributed by atoms with Gasteiger partial charge in [0.2, 0.25) is 5.91 Å². The summed E-state index contributed by atoms with van der Waals surface area (Å²) in [7, 11) is 0. The van der Waals surface area contributed by atoms with Gasteiger partial charge in [-0.3, -0.25) is 10.1 Å². The van der Waals surface area contributed by atoms with Crippen LogP contribution in [0.2, 0.25) is 5.02 Å². The zero-order valence-corrected chi connectivity index (χ0v) is 13.5. The van der Waals surface area contributed by atoms with E-state index in [1.165, 1.54) is 6.08 Å². The van der Waals surface area contributed by atoms with Crippen LogP contribution in [-0.4, -0.2) is 11.0 Å². The topological polar surface area (TPSA) is 64.9 Å². The zero-order valence-electron chi connectivity index (χ0n) is 11.9. The number of benzene rings is 2. The molecular formula is C17H12ClN3OS. The van der Waals surface area contributed by atoms with E-state index in [1.54, 1.807) is 42.5 Å². The van der Waals surface area contributed by atoms with Crippen molar-refractivity contribution in [3.8, 4) is 6.07 Å². The van der Waals surface area contributed by atoms with Crippen molar-refractivity contribution >= 4 is 46.6 Å². The van der Waals surface area contributed by atoms with Crippen LogP contribution in [0.25, 0.3) is 6.08 Å². The van der Waals surface area contributed by atoms with E-state index in [0.29, 0.717) is 16.3 Å². The first-order valence-corrected chi connectivity index (χ1v) is 7.42. The number of nitrogens with one attached hydrogen (secondary N) is 2. The molecule has 0 fully saturated rings. The Hall–Kier alpha value is -2.68. The predicted octanol–water partition coefficient (Wildman–Crippen LogP) is 3.74. The zero-order chi connectivity index (χ0) is 16.7. The van der Waals surface area contributed by atoms with Crippen molar-refractivity contribution in [2.24, 2.45) is 0 Å². The van der Waals surface area contributed by atoms with Gasteiger partial charge in [-0.1, -0.05) is 29.8 Å². The molecule has 0 aliphatic carbocycles. The van der Waals surface area contributed by atoms with Gasteiger partial charge in [-0.05, 0) is 54.2 Å². The number of hydrogen-bond acceptors (Lipinski definition) is 3. The Morgan fingerprint density at radius 1 is 1.17 bits per heavy atom. The van der Waals surface area contributed by atoms with E-state index in [1.807, 2.05) is 18.2 Å². The number of anilines is 1. The minimum atomic E-state index is -0.365. The van der Waals surface area contributed by atoms with Crippen LogP contribution in [0.1, 0.15) is 11.1 Å². The van der Waals surface area contributed by atoms with E-state index >= 15 is 0 Å². The lowest BCUT2D eigenvalue weighted by Gasteiger charge is -2.08. The largest absolute Gasteiger partial charge is 0.332 e. The van der Waals surface area contributed by atoms with Crippen molar-refractivity contribution in [3.05, 3.63) is 70.8 Å². The smallest absolute Gasteiger partial charge is 0.250 e. The van der Waals surface area contributed by atoms with Gasteiger partial charge in [0.05, 0.1) is 11.6 Å². The maximum atomic E-state index is 11.8. The molecule has 114 valence electrons. The summed E-state index contributed by atoms with van der Waals surface area (Å²) in [6.07, 6.45) is 2.97. The van der Waals surface area contributed by atoms with Crippen molar-refractivity contribution in [1.82, 2.24) is 5.32 Å². The first-order valence-electron chi connectivity index (χ1n) is 6.63. The van der Waals surface area contributed by atoms with E-state index in [9.17, 15) is 4.79 Å². The molecule has 0 aliphatic heterocycles. The number of nitriles is 1. The lowest BCUT2D eigenvalue weighted by Crippen LogP contribution is -2.32. The van der Waals surface area contributed by atoms with E-state index in [2.05, 4.69) is 10.6 Å². The average Bonchev–Trinajstić information content (AvgIpc) is 2.54. The Bertz CT molecular complexity index is 794. The van der Waals surface area contributed by atoms with Gasteiger partial charge in [0.1, 0.15) is 0 Å². The molecule has 0 saturated heterocycles. The van der Waals surface area contributed by atoms with Gasteiger partial charge in [0.15, 0.2) is 5.11 Å². The van der Waals surface area contributed by atoms with Crippen LogP contribution in [0, 0.1) is 11.3 Å². The molecule has 0 spiro atoms. The number of amides is 1. The predicted molar refractivity (Wildman–Crippen MR) is 96.0 cm³/mol. The van der Waals surface area contributed by atoms with Crippen LogP contribution in [0.15, 0.2) is 54.6 Å². The Kier molecular flexibility index (Phi) is 5.87. The molecular weight excluding hydrogens is 330 g/mol. The summed E-state index contributed by atoms with van der Waals surface area (Å²) < 4.78 is 0. The fourth-order valence-corrected chi connectivity index (χ4v) is 2.14. The van der Waals surface area contributed by atoms with Gasteiger partial charge in [0, 0.05) is 16.8 Å². The third-order valence-corrected chi connectivity index (χ3v) is 3.38. The molecule has 6 heteroatoms. The molecule has 0 unspecified atom stereocenters. The third kappa shape index (κ3) is 5.22. The fraction of sp³-hybridized carbons (Fsp3) is 0. The Morgan fingerprint density at radius 2 is 1.87 bits per heavy atom. The molecule has 0 radical (unpaired) electrons. The molecule has 1 amide bonds. The highest BCUT2D eigenvalue weighted by Crippen LogP contribution is 2.16. The van der Waals surface area contributed by atoms with E-state index in [0.717, 1.165) is 5.56 Å². The Morgan fingerprint density at radius 3 is 2.52 bits per heavy atom. The van der Waals surface area contributed by atoms with Gasteiger partial charge < -0.3 is 5.32 Å². The highest BCUT2D eigenvalue weighted by atomic mass is 35.5. The SMILES string of the molecule is N#Cc1ccc(NC(=S)NC(=O)/C=C/c2ccccc2Cl)cc1. The maximum Gasteiger partial charge on any atom is 0.250 e. The Labute approximate surface area is 144 Å². The van der Waals surface area contributed by atoms with Crippen molar-refractivity contribution < 1.29 is 4.79 Å². The molecule has 0 aromatic heterocycles. The minimum absolute atomic E-state index is 0.170. The number of nitrogens with zero attached hydrogens (tertiary/aromatic N) is 1. The fourth-order valence-electron chi connectivity index (χ4n) is 1.72. The van der Waals surface area contributed by atoms with Crippen LogP contribution in [0.5, 0.6) is 0 Å². The standard InChI is InChI=1S/C17H12ClN3OS/c18-15-4-2-1-3-13(15)7-10-16(22)21-17(23)20-14-8-5-12(11-19)6-9-14/h1-10H,(H2,20,21,22,23)/b10-7+. The van der Waals surface area contributed by atoms with Crippen molar-refractivity contribution in [2.75, 3.05) is 5.32 Å². The number of thiocarbonyl (C=S) groups is 1. The summed E-state index contributed by atoms with van der Waals surface area (Å²) in [5, 5.41) is 14.9. The molecule has 2 rings (SSSR count). The van der Waals surface area contributed by atoms with E-state index < -0.39 is 0 Å². The molecule has 0 atom stereocenters. The number of rotatable bonds is 3. The maximum absolute atomic E-state index is 11.8. The number of carbonyl (C=O) groups excluding carboxylic acids is 1. The van der Waals surface area contributed by atoms with Crippen molar-refractivity contribution in [1.29, 1.82) is 5.26 Å². The summed E-state index contributed by atoms with van der Waals surface area (Å²) in [6.45, 7) is 0. The van der Waals surface area contributed by atoms with Gasteiger partial charge >= 0.3 is 0 Å². The van der Waals surface area contributed by atoms with Gasteiger partial charge in [-0.25, -0.2) is 0 Å². The minimum Gasteiger partial charge on any atom is -0.332 e. The molecule has 4 nitrogen and oxygen atoms in total. The lowest BCUT2D eigenvalue weighted by atomic mass is 10.2. The number of halogens is 1. The van der Waals surface area contributed by atoms with Crippen molar-refractivity contribution in [3.63, 3.8) is 0 Å². The summed E-state index contributed by atoms with van der Waals surface area (Å²) in [5.74, 6) is -0.365. The summed E-state index contributed by atoms with van der Waals surface area (Å²) in [5.41, 5.74) is 1.98. The second-order valence-corrected chi connectivity index (χ2v) is 5.30. The first-order chi connectivity index (χ1) is 11.1. The van der Waals surface area contributed by atoms with E-state index in [-0.39, 0.29) is 11.0 Å². The molecule has 0 bridgehead atoms. The number of hydrogen-bond donors (Lipinski definition) is 2. The normalized spacial score (nSPS) is 10.1. The molecule has 0 heterocycles. The van der Waals surface area contributed by atoms with Gasteiger partial charge in [0.25, 0.3) is 0 Å². The van der Waals surface area contributed by atoms with E-state index in [4.69, 9.17) is 29.1 Å². The molecule has 23 heavy (non-hydrogen) atoms. The molecule has 2 aromatic carbocycles. The monoisotopic (exact) mass is 341 g/mol.